The Morgan fingerprint density at radius 1 is 1.12 bits per heavy atom. The van der Waals surface area contributed by atoms with Gasteiger partial charge in [-0.1, -0.05) is 48.5 Å². The van der Waals surface area contributed by atoms with Crippen LogP contribution in [0.15, 0.2) is 88.9 Å². The van der Waals surface area contributed by atoms with Crippen molar-refractivity contribution in [3.05, 3.63) is 122 Å². The lowest BCUT2D eigenvalue weighted by molar-refractivity contribution is -0.133. The Bertz CT molecular complexity index is 1780. The molecule has 0 amide bonds. The first kappa shape index (κ1) is 28.4. The quantitative estimate of drug-likeness (QED) is 0.296. The fourth-order valence-corrected chi connectivity index (χ4v) is 5.40. The van der Waals surface area contributed by atoms with Gasteiger partial charge in [-0.2, -0.15) is 5.26 Å². The van der Waals surface area contributed by atoms with Gasteiger partial charge in [-0.05, 0) is 54.9 Å². The molecule has 2 N–H and O–H groups in total. The Morgan fingerprint density at radius 3 is 2.52 bits per heavy atom. The van der Waals surface area contributed by atoms with Crippen LogP contribution in [0.3, 0.4) is 0 Å². The van der Waals surface area contributed by atoms with E-state index < -0.39 is 23.6 Å². The third kappa shape index (κ3) is 5.32. The number of nitriles is 1. The Morgan fingerprint density at radius 2 is 1.86 bits per heavy atom. The van der Waals surface area contributed by atoms with Crippen LogP contribution in [0.1, 0.15) is 47.7 Å². The number of carbonyl (C=O) groups is 1. The standard InChI is InChI=1S/C31H28F2N6O3/c1-19-26(28(40)41)27(25-13-12-21(16-34)14-22(25)18-37(3)17-20-8-5-4-6-9-20)39-29(35-36-30(39)42)38(19)24-11-7-10-23(15-24)31(2,32)33/h4-15,27H,17-18H2,1-3H3,(H,36,42)(H,40,41)/t27-/m1/s1. The maximum atomic E-state index is 14.2. The van der Waals surface area contributed by atoms with Crippen molar-refractivity contribution in [3.63, 3.8) is 0 Å². The van der Waals surface area contributed by atoms with E-state index in [1.807, 2.05) is 42.3 Å². The first-order chi connectivity index (χ1) is 20.0. The minimum Gasteiger partial charge on any atom is -0.478 e. The molecule has 0 saturated carbocycles. The number of carboxylic acid groups (broad SMARTS) is 1. The van der Waals surface area contributed by atoms with E-state index in [4.69, 9.17) is 0 Å². The third-order valence-electron chi connectivity index (χ3n) is 7.29. The summed E-state index contributed by atoms with van der Waals surface area (Å²) in [6.45, 7) is 3.27. The van der Waals surface area contributed by atoms with Crippen LogP contribution in [0.25, 0.3) is 0 Å². The summed E-state index contributed by atoms with van der Waals surface area (Å²) < 4.78 is 29.6. The van der Waals surface area contributed by atoms with Gasteiger partial charge >= 0.3 is 11.7 Å². The summed E-state index contributed by atoms with van der Waals surface area (Å²) in [7, 11) is 1.91. The molecule has 0 fully saturated rings. The number of allylic oxidation sites excluding steroid dienone is 1. The number of hydrogen-bond acceptors (Lipinski definition) is 6. The first-order valence-electron chi connectivity index (χ1n) is 13.1. The van der Waals surface area contributed by atoms with Crippen molar-refractivity contribution in [2.24, 2.45) is 0 Å². The highest BCUT2D eigenvalue weighted by atomic mass is 19.3. The van der Waals surface area contributed by atoms with E-state index in [1.54, 1.807) is 31.2 Å². The molecule has 1 aromatic heterocycles. The fourth-order valence-electron chi connectivity index (χ4n) is 5.40. The van der Waals surface area contributed by atoms with Gasteiger partial charge in [0.1, 0.15) is 6.04 Å². The second-order valence-corrected chi connectivity index (χ2v) is 10.4. The predicted molar refractivity (Wildman–Crippen MR) is 152 cm³/mol. The molecule has 4 aromatic rings. The molecule has 3 aromatic carbocycles. The number of aromatic nitrogens is 3. The molecule has 42 heavy (non-hydrogen) atoms. The van der Waals surface area contributed by atoms with E-state index >= 15 is 0 Å². The number of H-pyrrole nitrogens is 1. The number of aliphatic carboxylic acids is 1. The number of nitrogens with one attached hydrogen (secondary N) is 1. The molecule has 9 nitrogen and oxygen atoms in total. The monoisotopic (exact) mass is 570 g/mol. The number of halogens is 2. The number of rotatable bonds is 8. The number of aromatic amines is 1. The minimum atomic E-state index is -3.14. The van der Waals surface area contributed by atoms with Crippen molar-refractivity contribution in [2.45, 2.75) is 38.9 Å². The Kier molecular flexibility index (Phi) is 7.49. The molecule has 1 aliphatic heterocycles. The van der Waals surface area contributed by atoms with Gasteiger partial charge in [-0.3, -0.25) is 9.80 Å². The maximum Gasteiger partial charge on any atom is 0.345 e. The Labute approximate surface area is 240 Å². The van der Waals surface area contributed by atoms with Crippen LogP contribution in [-0.2, 0) is 23.8 Å². The van der Waals surface area contributed by atoms with Gasteiger partial charge in [-0.25, -0.2) is 28.0 Å². The van der Waals surface area contributed by atoms with Gasteiger partial charge in [0, 0.05) is 37.0 Å². The van der Waals surface area contributed by atoms with Crippen LogP contribution in [0, 0.1) is 11.3 Å². The first-order valence-corrected chi connectivity index (χ1v) is 13.1. The van der Waals surface area contributed by atoms with Gasteiger partial charge < -0.3 is 5.11 Å². The Balaban J connectivity index is 1.67. The van der Waals surface area contributed by atoms with Gasteiger partial charge in [-0.15, -0.1) is 5.10 Å². The number of hydrogen-bond donors (Lipinski definition) is 2. The van der Waals surface area contributed by atoms with Crippen molar-refractivity contribution in [2.75, 3.05) is 11.9 Å². The van der Waals surface area contributed by atoms with Gasteiger partial charge in [0.25, 0.3) is 5.92 Å². The SMILES string of the molecule is CC1=C(C(=O)O)[C@@H](c2ccc(C#N)cc2CN(C)Cc2ccccc2)n2c(n[nH]c2=O)N1c1cccc(C(C)(F)F)c1. The van der Waals surface area contributed by atoms with Gasteiger partial charge in [0.05, 0.1) is 17.2 Å². The van der Waals surface area contributed by atoms with Crippen molar-refractivity contribution in [1.29, 1.82) is 5.26 Å². The lowest BCUT2D eigenvalue weighted by Gasteiger charge is -2.36. The zero-order valence-electron chi connectivity index (χ0n) is 23.2. The molecule has 0 spiro atoms. The average molecular weight is 571 g/mol. The number of anilines is 2. The molecule has 0 aliphatic carbocycles. The topological polar surface area (TPSA) is 118 Å². The molecular formula is C31H28F2N6O3. The second-order valence-electron chi connectivity index (χ2n) is 10.4. The predicted octanol–water partition coefficient (Wildman–Crippen LogP) is 5.29. The number of alkyl halides is 2. The highest BCUT2D eigenvalue weighted by molar-refractivity contribution is 5.92. The van der Waals surface area contributed by atoms with E-state index in [9.17, 15) is 28.7 Å². The molecule has 0 saturated heterocycles. The fraction of sp³-hybridized carbons (Fsp3) is 0.226. The number of carboxylic acids is 1. The molecule has 2 heterocycles. The van der Waals surface area contributed by atoms with Crippen LogP contribution < -0.4 is 10.6 Å². The second kappa shape index (κ2) is 11.1. The summed E-state index contributed by atoms with van der Waals surface area (Å²) in [4.78, 5) is 29.5. The summed E-state index contributed by atoms with van der Waals surface area (Å²) in [5, 5.41) is 26.7. The molecule has 214 valence electrons. The molecule has 1 aliphatic rings. The van der Waals surface area contributed by atoms with E-state index in [-0.39, 0.29) is 28.5 Å². The summed E-state index contributed by atoms with van der Waals surface area (Å²) in [5.74, 6) is -4.38. The van der Waals surface area contributed by atoms with Crippen LogP contribution in [0.2, 0.25) is 0 Å². The largest absolute Gasteiger partial charge is 0.478 e. The Hall–Kier alpha value is -5.08. The zero-order chi connectivity index (χ0) is 30.2. The summed E-state index contributed by atoms with van der Waals surface area (Å²) in [5.41, 5.74) is 1.98. The number of benzene rings is 3. The van der Waals surface area contributed by atoms with Crippen LogP contribution >= 0.6 is 0 Å². The molecule has 0 bridgehead atoms. The highest BCUT2D eigenvalue weighted by Gasteiger charge is 2.40. The van der Waals surface area contributed by atoms with Crippen molar-refractivity contribution in [3.8, 4) is 6.07 Å². The summed E-state index contributed by atoms with van der Waals surface area (Å²) >= 11 is 0. The van der Waals surface area contributed by atoms with Gasteiger partial charge in [0.2, 0.25) is 5.95 Å². The molecular weight excluding hydrogens is 542 g/mol. The molecule has 5 rings (SSSR count). The zero-order valence-corrected chi connectivity index (χ0v) is 23.2. The van der Waals surface area contributed by atoms with Crippen molar-refractivity contribution >= 4 is 17.6 Å². The van der Waals surface area contributed by atoms with Crippen LogP contribution in [0.5, 0.6) is 0 Å². The van der Waals surface area contributed by atoms with Crippen LogP contribution in [-0.4, -0.2) is 37.8 Å². The number of nitrogens with zero attached hydrogens (tertiary/aromatic N) is 5. The van der Waals surface area contributed by atoms with Crippen LogP contribution in [0.4, 0.5) is 20.4 Å². The maximum absolute atomic E-state index is 14.2. The lowest BCUT2D eigenvalue weighted by atomic mass is 9.90. The summed E-state index contributed by atoms with van der Waals surface area (Å²) in [6.07, 6.45) is 0. The molecule has 0 unspecified atom stereocenters. The normalized spacial score (nSPS) is 15.1. The third-order valence-corrected chi connectivity index (χ3v) is 7.29. The summed E-state index contributed by atoms with van der Waals surface area (Å²) in [6, 6.07) is 21.3. The van der Waals surface area contributed by atoms with E-state index in [0.29, 0.717) is 29.8 Å². The lowest BCUT2D eigenvalue weighted by Crippen LogP contribution is -2.38. The highest BCUT2D eigenvalue weighted by Crippen LogP contribution is 2.43. The van der Waals surface area contributed by atoms with E-state index in [2.05, 4.69) is 16.3 Å². The van der Waals surface area contributed by atoms with E-state index in [1.165, 1.54) is 27.7 Å². The molecule has 0 radical (unpaired) electrons. The molecule has 11 heteroatoms. The number of fused-ring (bicyclic) bond motifs is 1. The van der Waals surface area contributed by atoms with Crippen molar-refractivity contribution < 1.29 is 18.7 Å². The molecule has 1 atom stereocenters. The smallest absolute Gasteiger partial charge is 0.345 e. The minimum absolute atomic E-state index is 0.0528. The average Bonchev–Trinajstić information content (AvgIpc) is 3.33. The van der Waals surface area contributed by atoms with Crippen molar-refractivity contribution in [1.82, 2.24) is 19.7 Å². The van der Waals surface area contributed by atoms with Gasteiger partial charge in [0.15, 0.2) is 0 Å². The van der Waals surface area contributed by atoms with E-state index in [0.717, 1.165) is 12.5 Å².